The normalized spacial score (nSPS) is 41.3. The van der Waals surface area contributed by atoms with Crippen LogP contribution in [-0.2, 0) is 9.53 Å². The van der Waals surface area contributed by atoms with Crippen LogP contribution in [0.1, 0.15) is 25.7 Å². The van der Waals surface area contributed by atoms with Gasteiger partial charge in [0.05, 0.1) is 12.5 Å². The summed E-state index contributed by atoms with van der Waals surface area (Å²) < 4.78 is 5.13. The minimum atomic E-state index is -0.369. The van der Waals surface area contributed by atoms with Crippen LogP contribution in [0.25, 0.3) is 0 Å². The lowest BCUT2D eigenvalue weighted by Crippen LogP contribution is -2.22. The third-order valence-electron chi connectivity index (χ3n) is 3.60. The van der Waals surface area contributed by atoms with E-state index in [2.05, 4.69) is 0 Å². The van der Waals surface area contributed by atoms with Crippen molar-refractivity contribution >= 4 is 13.8 Å². The van der Waals surface area contributed by atoms with Gasteiger partial charge in [0.2, 0.25) is 0 Å². The number of fused-ring (bicyclic) bond motifs is 1. The molecular weight excluding hydrogens is 195 g/mol. The Hall–Kier alpha value is -0.545. The molecule has 0 unspecified atom stereocenters. The first-order chi connectivity index (χ1) is 7.08. The molecule has 5 atom stereocenters. The van der Waals surface area contributed by atoms with Crippen molar-refractivity contribution in [2.24, 2.45) is 11.8 Å². The van der Waals surface area contributed by atoms with E-state index in [1.165, 1.54) is 0 Å². The molecule has 0 aromatic carbocycles. The lowest BCUT2D eigenvalue weighted by molar-refractivity contribution is -0.141. The number of rotatable bonds is 3. The lowest BCUT2D eigenvalue weighted by Gasteiger charge is -2.19. The minimum Gasteiger partial charge on any atom is -0.462 e. The van der Waals surface area contributed by atoms with Gasteiger partial charge in [-0.05, 0) is 18.8 Å². The summed E-state index contributed by atoms with van der Waals surface area (Å²) in [6, 6.07) is -0.339. The SMILES string of the molecule is B[C@@H](O)CC[C@@H]1[C@H]2CC(=O)O[C@H]2C[C@H]1O. The van der Waals surface area contributed by atoms with E-state index in [4.69, 9.17) is 4.74 Å². The fourth-order valence-electron chi connectivity index (χ4n) is 2.82. The first-order valence-electron chi connectivity index (χ1n) is 5.63. The van der Waals surface area contributed by atoms with Gasteiger partial charge < -0.3 is 14.9 Å². The summed E-state index contributed by atoms with van der Waals surface area (Å²) in [4.78, 5) is 11.1. The molecule has 0 bridgehead atoms. The average Bonchev–Trinajstić information content (AvgIpc) is 2.57. The zero-order chi connectivity index (χ0) is 11.0. The number of aliphatic hydroxyl groups is 2. The smallest absolute Gasteiger partial charge is 0.306 e. The Morgan fingerprint density at radius 3 is 3.00 bits per heavy atom. The Kier molecular flexibility index (Phi) is 3.02. The molecule has 4 nitrogen and oxygen atoms in total. The topological polar surface area (TPSA) is 66.8 Å². The molecule has 5 heteroatoms. The average molecular weight is 212 g/mol. The van der Waals surface area contributed by atoms with E-state index >= 15 is 0 Å². The second-order valence-corrected chi connectivity index (χ2v) is 4.79. The van der Waals surface area contributed by atoms with Crippen molar-refractivity contribution < 1.29 is 19.7 Å². The van der Waals surface area contributed by atoms with Crippen molar-refractivity contribution in [2.45, 2.75) is 43.9 Å². The van der Waals surface area contributed by atoms with Crippen molar-refractivity contribution in [2.75, 3.05) is 0 Å². The molecule has 1 aliphatic carbocycles. The summed E-state index contributed by atoms with van der Waals surface area (Å²) >= 11 is 0. The molecule has 84 valence electrons. The van der Waals surface area contributed by atoms with Crippen LogP contribution in [0.3, 0.4) is 0 Å². The summed E-state index contributed by atoms with van der Waals surface area (Å²) in [6.07, 6.45) is 2.02. The van der Waals surface area contributed by atoms with Crippen LogP contribution in [0.2, 0.25) is 0 Å². The molecule has 2 rings (SSSR count). The molecule has 15 heavy (non-hydrogen) atoms. The van der Waals surface area contributed by atoms with Crippen molar-refractivity contribution in [3.8, 4) is 0 Å². The molecule has 0 aromatic heterocycles. The van der Waals surface area contributed by atoms with E-state index in [-0.39, 0.29) is 36.0 Å². The van der Waals surface area contributed by atoms with E-state index in [1.54, 1.807) is 7.85 Å². The van der Waals surface area contributed by atoms with E-state index < -0.39 is 0 Å². The summed E-state index contributed by atoms with van der Waals surface area (Å²) in [5.41, 5.74) is 0. The monoisotopic (exact) mass is 212 g/mol. The van der Waals surface area contributed by atoms with Gasteiger partial charge in [0, 0.05) is 18.3 Å². The number of aliphatic hydroxyl groups excluding tert-OH is 2. The predicted octanol–water partition coefficient (Wildman–Crippen LogP) is -0.969. The van der Waals surface area contributed by atoms with Crippen LogP contribution >= 0.6 is 0 Å². The van der Waals surface area contributed by atoms with Gasteiger partial charge in [-0.3, -0.25) is 4.79 Å². The number of esters is 1. The van der Waals surface area contributed by atoms with Crippen molar-refractivity contribution in [3.05, 3.63) is 0 Å². The largest absolute Gasteiger partial charge is 0.462 e. The van der Waals surface area contributed by atoms with Gasteiger partial charge in [-0.15, -0.1) is 0 Å². The molecule has 1 aliphatic heterocycles. The molecule has 0 amide bonds. The van der Waals surface area contributed by atoms with Crippen LogP contribution in [0, 0.1) is 11.8 Å². The highest BCUT2D eigenvalue weighted by atomic mass is 16.6. The van der Waals surface area contributed by atoms with Crippen molar-refractivity contribution in [1.29, 1.82) is 0 Å². The van der Waals surface area contributed by atoms with Crippen molar-refractivity contribution in [3.63, 3.8) is 0 Å². The zero-order valence-electron chi connectivity index (χ0n) is 8.93. The van der Waals surface area contributed by atoms with Crippen LogP contribution in [0.5, 0.6) is 0 Å². The molecule has 0 radical (unpaired) electrons. The van der Waals surface area contributed by atoms with Gasteiger partial charge in [0.15, 0.2) is 0 Å². The second kappa shape index (κ2) is 4.14. The van der Waals surface area contributed by atoms with Crippen LogP contribution < -0.4 is 0 Å². The molecule has 1 heterocycles. The molecule has 0 aromatic rings. The molecule has 2 fully saturated rings. The van der Waals surface area contributed by atoms with E-state index in [0.29, 0.717) is 19.3 Å². The molecule has 1 saturated heterocycles. The lowest BCUT2D eigenvalue weighted by atomic mass is 9.84. The van der Waals surface area contributed by atoms with Gasteiger partial charge in [0.25, 0.3) is 0 Å². The van der Waals surface area contributed by atoms with Crippen LogP contribution in [0.15, 0.2) is 0 Å². The molecule has 0 spiro atoms. The minimum absolute atomic E-state index is 0.0773. The van der Waals surface area contributed by atoms with E-state index in [0.717, 1.165) is 6.42 Å². The van der Waals surface area contributed by atoms with Gasteiger partial charge in [-0.1, -0.05) is 0 Å². The molecular formula is C10H17BO4. The number of carbonyl (C=O) groups is 1. The third-order valence-corrected chi connectivity index (χ3v) is 3.60. The summed E-state index contributed by atoms with van der Waals surface area (Å²) in [5.74, 6) is 0.154. The maximum Gasteiger partial charge on any atom is 0.306 e. The maximum absolute atomic E-state index is 11.1. The molecule has 1 saturated carbocycles. The Morgan fingerprint density at radius 2 is 2.33 bits per heavy atom. The van der Waals surface area contributed by atoms with Gasteiger partial charge in [0.1, 0.15) is 14.0 Å². The highest BCUT2D eigenvalue weighted by molar-refractivity contribution is 6.10. The Morgan fingerprint density at radius 1 is 1.60 bits per heavy atom. The number of ether oxygens (including phenoxy) is 1. The van der Waals surface area contributed by atoms with Gasteiger partial charge >= 0.3 is 5.97 Å². The quantitative estimate of drug-likeness (QED) is 0.466. The maximum atomic E-state index is 11.1. The Labute approximate surface area is 90.0 Å². The van der Waals surface area contributed by atoms with Crippen LogP contribution in [-0.4, -0.2) is 42.2 Å². The van der Waals surface area contributed by atoms with Gasteiger partial charge in [-0.25, -0.2) is 0 Å². The summed E-state index contributed by atoms with van der Waals surface area (Å²) in [6.45, 7) is 0. The first-order valence-corrected chi connectivity index (χ1v) is 5.63. The Balaban J connectivity index is 1.94. The van der Waals surface area contributed by atoms with Gasteiger partial charge in [-0.2, -0.15) is 0 Å². The number of hydrogen-bond acceptors (Lipinski definition) is 4. The number of hydrogen-bond donors (Lipinski definition) is 2. The molecule has 2 N–H and O–H groups in total. The summed E-state index contributed by atoms with van der Waals surface area (Å²) in [7, 11) is 1.75. The molecule has 2 aliphatic rings. The number of carbonyl (C=O) groups excluding carboxylic acids is 1. The Bertz CT molecular complexity index is 256. The third kappa shape index (κ3) is 2.18. The standard InChI is InChI=1S/C10H17BO4/c11-9(13)2-1-5-6-3-10(14)15-8(6)4-7(5)12/h5-9,12-13H,1-4,11H2/t5-,6-,7-,8+,9+/m1/s1. The summed E-state index contributed by atoms with van der Waals surface area (Å²) in [5, 5.41) is 19.0. The van der Waals surface area contributed by atoms with E-state index in [9.17, 15) is 15.0 Å². The highest BCUT2D eigenvalue weighted by Gasteiger charge is 2.49. The zero-order valence-corrected chi connectivity index (χ0v) is 8.93. The second-order valence-electron chi connectivity index (χ2n) is 4.79. The van der Waals surface area contributed by atoms with Crippen molar-refractivity contribution in [1.82, 2.24) is 0 Å². The fourth-order valence-corrected chi connectivity index (χ4v) is 2.82. The van der Waals surface area contributed by atoms with E-state index in [1.807, 2.05) is 0 Å². The highest BCUT2D eigenvalue weighted by Crippen LogP contribution is 2.43. The fraction of sp³-hybridized carbons (Fsp3) is 0.900. The predicted molar refractivity (Wildman–Crippen MR) is 55.9 cm³/mol. The first kappa shape index (κ1) is 11.0. The van der Waals surface area contributed by atoms with Crippen LogP contribution in [0.4, 0.5) is 0 Å².